The lowest BCUT2D eigenvalue weighted by molar-refractivity contribution is 0.0311. The van der Waals surface area contributed by atoms with Gasteiger partial charge in [0.2, 0.25) is 0 Å². The molecule has 7 heteroatoms. The molecule has 5 rings (SSSR count). The van der Waals surface area contributed by atoms with Gasteiger partial charge in [-0.2, -0.15) is 0 Å². The molecule has 4 aromatic carbocycles. The van der Waals surface area contributed by atoms with E-state index in [1.165, 1.54) is 17.5 Å². The average molecular weight is 608 g/mol. The number of piperidine rings is 1. The van der Waals surface area contributed by atoms with Crippen LogP contribution in [0, 0.1) is 0 Å². The van der Waals surface area contributed by atoms with Crippen LogP contribution in [-0.4, -0.2) is 45.0 Å². The van der Waals surface area contributed by atoms with E-state index in [4.69, 9.17) is 13.9 Å². The smallest absolute Gasteiger partial charge is 0.410 e. The molecule has 0 saturated carbocycles. The summed E-state index contributed by atoms with van der Waals surface area (Å²) in [5, 5.41) is 2.28. The fourth-order valence-corrected chi connectivity index (χ4v) is 11.0. The van der Waals surface area contributed by atoms with E-state index in [0.717, 1.165) is 11.1 Å². The van der Waals surface area contributed by atoms with Crippen molar-refractivity contribution in [3.05, 3.63) is 132 Å². The summed E-state index contributed by atoms with van der Waals surface area (Å²) in [5.41, 5.74) is 2.32. The second-order valence-corrected chi connectivity index (χ2v) is 16.5. The fraction of sp³-hybridized carbons (Fsp3) is 0.297. The van der Waals surface area contributed by atoms with Crippen LogP contribution in [0.25, 0.3) is 0 Å². The summed E-state index contributed by atoms with van der Waals surface area (Å²) < 4.78 is 18.2. The minimum Gasteiger partial charge on any atom is -0.465 e. The maximum atomic E-state index is 13.6. The van der Waals surface area contributed by atoms with E-state index in [1.54, 1.807) is 17.0 Å². The maximum absolute atomic E-state index is 13.6. The lowest BCUT2D eigenvalue weighted by atomic mass is 9.93. The molecular formula is C37H41NO5Si. The normalized spacial score (nSPS) is 17.1. The van der Waals surface area contributed by atoms with Crippen molar-refractivity contribution >= 4 is 30.8 Å². The molecule has 0 bridgehead atoms. The number of likely N-dealkylation sites (tertiary alicyclic amines) is 1. The number of hydrogen-bond donors (Lipinski definition) is 0. The number of carbonyl (C=O) groups excluding carboxylic acids is 2. The molecule has 228 valence electrons. The molecule has 6 nitrogen and oxygen atoms in total. The number of benzene rings is 4. The van der Waals surface area contributed by atoms with Crippen LogP contribution in [-0.2, 0) is 20.5 Å². The molecule has 0 aromatic heterocycles. The first-order valence-electron chi connectivity index (χ1n) is 15.2. The molecule has 1 fully saturated rings. The fourth-order valence-electron chi connectivity index (χ4n) is 6.28. The van der Waals surface area contributed by atoms with Crippen LogP contribution in [0.4, 0.5) is 4.79 Å². The quantitative estimate of drug-likeness (QED) is 0.161. The van der Waals surface area contributed by atoms with Gasteiger partial charge in [-0.3, -0.25) is 0 Å². The van der Waals surface area contributed by atoms with Crippen LogP contribution in [0.3, 0.4) is 0 Å². The summed E-state index contributed by atoms with van der Waals surface area (Å²) in [5.74, 6) is -0.396. The topological polar surface area (TPSA) is 65.1 Å². The minimum atomic E-state index is -2.80. The Morgan fingerprint density at radius 1 is 0.795 bits per heavy atom. The summed E-state index contributed by atoms with van der Waals surface area (Å²) in [6.45, 7) is 7.51. The molecule has 1 aliphatic heterocycles. The van der Waals surface area contributed by atoms with Crippen molar-refractivity contribution in [1.82, 2.24) is 4.90 Å². The van der Waals surface area contributed by atoms with Crippen molar-refractivity contribution in [2.24, 2.45) is 0 Å². The highest BCUT2D eigenvalue weighted by Gasteiger charge is 2.52. The Kier molecular flexibility index (Phi) is 9.67. The lowest BCUT2D eigenvalue weighted by Gasteiger charge is -2.48. The highest BCUT2D eigenvalue weighted by molar-refractivity contribution is 6.99. The van der Waals surface area contributed by atoms with Crippen LogP contribution in [0.2, 0.25) is 5.04 Å². The zero-order chi connectivity index (χ0) is 31.2. The summed E-state index contributed by atoms with van der Waals surface area (Å²) in [6.07, 6.45) is 0.814. The predicted octanol–water partition coefficient (Wildman–Crippen LogP) is 6.89. The Balaban J connectivity index is 1.48. The molecule has 1 aliphatic rings. The molecule has 1 heterocycles. The Bertz CT molecular complexity index is 1480. The molecule has 0 radical (unpaired) electrons. The molecule has 4 aromatic rings. The third-order valence-corrected chi connectivity index (χ3v) is 13.6. The highest BCUT2D eigenvalue weighted by Crippen LogP contribution is 2.41. The zero-order valence-corrected chi connectivity index (χ0v) is 26.9. The monoisotopic (exact) mass is 607 g/mol. The summed E-state index contributed by atoms with van der Waals surface area (Å²) in [7, 11) is -1.43. The Hall–Kier alpha value is -4.20. The Labute approximate surface area is 261 Å². The SMILES string of the molecule is COC(=O)c1ccc([C@H]2C[C@H](O[Si](c3ccccc3)(c3ccccc3)C(C)(C)C)CCN2C(=O)OCc2ccccc2)cc1. The molecule has 0 spiro atoms. The number of amides is 1. The molecule has 0 unspecified atom stereocenters. The second kappa shape index (κ2) is 13.6. The van der Waals surface area contributed by atoms with Gasteiger partial charge in [0.25, 0.3) is 8.32 Å². The zero-order valence-electron chi connectivity index (χ0n) is 25.9. The van der Waals surface area contributed by atoms with Crippen molar-refractivity contribution in [2.75, 3.05) is 13.7 Å². The first-order valence-corrected chi connectivity index (χ1v) is 17.1. The summed E-state index contributed by atoms with van der Waals surface area (Å²) >= 11 is 0. The lowest BCUT2D eigenvalue weighted by Crippen LogP contribution is -2.68. The highest BCUT2D eigenvalue weighted by atomic mass is 28.4. The van der Waals surface area contributed by atoms with Gasteiger partial charge in [-0.05, 0) is 51.5 Å². The van der Waals surface area contributed by atoms with E-state index in [2.05, 4.69) is 69.3 Å². The van der Waals surface area contributed by atoms with E-state index >= 15 is 0 Å². The number of esters is 1. The molecule has 2 atom stereocenters. The van der Waals surface area contributed by atoms with Crippen molar-refractivity contribution in [1.29, 1.82) is 0 Å². The summed E-state index contributed by atoms with van der Waals surface area (Å²) in [4.78, 5) is 27.5. The molecular weight excluding hydrogens is 566 g/mol. The van der Waals surface area contributed by atoms with Gasteiger partial charge in [-0.25, -0.2) is 9.59 Å². The van der Waals surface area contributed by atoms with Gasteiger partial charge in [0.15, 0.2) is 0 Å². The first kappa shape index (κ1) is 31.2. The van der Waals surface area contributed by atoms with Crippen molar-refractivity contribution in [3.8, 4) is 0 Å². The second-order valence-electron chi connectivity index (χ2n) is 12.3. The number of nitrogens with zero attached hydrogens (tertiary/aromatic N) is 1. The number of methoxy groups -OCH3 is 1. The standard InChI is InChI=1S/C37H41NO5Si/c1-37(2,3)44(32-16-10-6-11-17-32,33-18-12-7-13-19-33)43-31-24-25-38(36(40)42-27-28-14-8-5-9-15-28)34(26-31)29-20-22-30(23-21-29)35(39)41-4/h5-23,31,34H,24-27H2,1-4H3/t31-,34-/m1/s1. The molecule has 1 saturated heterocycles. The van der Waals surface area contributed by atoms with Gasteiger partial charge in [0.1, 0.15) is 6.61 Å². The van der Waals surface area contributed by atoms with Gasteiger partial charge < -0.3 is 18.8 Å². The van der Waals surface area contributed by atoms with Crippen molar-refractivity contribution < 1.29 is 23.5 Å². The predicted molar refractivity (Wildman–Crippen MR) is 176 cm³/mol. The average Bonchev–Trinajstić information content (AvgIpc) is 3.06. The maximum Gasteiger partial charge on any atom is 0.410 e. The van der Waals surface area contributed by atoms with Gasteiger partial charge in [-0.1, -0.05) is 124 Å². The molecule has 0 aliphatic carbocycles. The molecule has 1 amide bonds. The Morgan fingerprint density at radius 2 is 1.34 bits per heavy atom. The number of rotatable bonds is 8. The van der Waals surface area contributed by atoms with E-state index in [-0.39, 0.29) is 29.9 Å². The first-order chi connectivity index (χ1) is 21.2. The van der Waals surface area contributed by atoms with Crippen LogP contribution in [0.1, 0.15) is 61.1 Å². The van der Waals surface area contributed by atoms with Crippen LogP contribution < -0.4 is 10.4 Å². The largest absolute Gasteiger partial charge is 0.465 e. The van der Waals surface area contributed by atoms with Gasteiger partial charge in [0.05, 0.1) is 18.7 Å². The van der Waals surface area contributed by atoms with Gasteiger partial charge >= 0.3 is 12.1 Å². The number of hydrogen-bond acceptors (Lipinski definition) is 5. The third-order valence-electron chi connectivity index (χ3n) is 8.47. The molecule has 0 N–H and O–H groups in total. The van der Waals surface area contributed by atoms with E-state index in [0.29, 0.717) is 24.9 Å². The number of ether oxygens (including phenoxy) is 2. The van der Waals surface area contributed by atoms with Crippen LogP contribution in [0.5, 0.6) is 0 Å². The van der Waals surface area contributed by atoms with Crippen molar-refractivity contribution in [2.45, 2.75) is 57.4 Å². The van der Waals surface area contributed by atoms with Gasteiger partial charge in [0, 0.05) is 12.6 Å². The van der Waals surface area contributed by atoms with E-state index in [9.17, 15) is 9.59 Å². The summed E-state index contributed by atoms with van der Waals surface area (Å²) in [6, 6.07) is 38.0. The molecule has 44 heavy (non-hydrogen) atoms. The van der Waals surface area contributed by atoms with Crippen LogP contribution >= 0.6 is 0 Å². The van der Waals surface area contributed by atoms with E-state index in [1.807, 2.05) is 54.6 Å². The van der Waals surface area contributed by atoms with E-state index < -0.39 is 14.3 Å². The minimum absolute atomic E-state index is 0.107. The van der Waals surface area contributed by atoms with Crippen molar-refractivity contribution in [3.63, 3.8) is 0 Å². The number of carbonyl (C=O) groups is 2. The van der Waals surface area contributed by atoms with Gasteiger partial charge in [-0.15, -0.1) is 0 Å². The van der Waals surface area contributed by atoms with Crippen LogP contribution in [0.15, 0.2) is 115 Å². The Morgan fingerprint density at radius 3 is 1.86 bits per heavy atom. The third kappa shape index (κ3) is 6.64.